The molecule has 0 spiro atoms. The van der Waals surface area contributed by atoms with Crippen molar-refractivity contribution in [3.8, 4) is 5.75 Å². The second-order valence-electron chi connectivity index (χ2n) is 4.16. The molecule has 1 saturated heterocycles. The summed E-state index contributed by atoms with van der Waals surface area (Å²) in [6, 6.07) is 5.22. The highest BCUT2D eigenvalue weighted by atomic mass is 35.5. The van der Waals surface area contributed by atoms with E-state index in [9.17, 15) is 13.9 Å². The molecule has 0 unspecified atom stereocenters. The van der Waals surface area contributed by atoms with Crippen molar-refractivity contribution < 1.29 is 13.9 Å². The number of rotatable bonds is 3. The Hall–Kier alpha value is -0.620. The minimum Gasteiger partial charge on any atom is -0.508 e. The van der Waals surface area contributed by atoms with Crippen molar-refractivity contribution in [1.82, 2.24) is 10.2 Å². The summed E-state index contributed by atoms with van der Waals surface area (Å²) in [5.74, 6) is 0.0308. The Morgan fingerprint density at radius 1 is 1.16 bits per heavy atom. The zero-order valence-corrected chi connectivity index (χ0v) is 11.9. The maximum Gasteiger partial charge on any atom is 0.258 e. The van der Waals surface area contributed by atoms with Crippen molar-refractivity contribution in [2.24, 2.45) is 0 Å². The first-order chi connectivity index (χ1) is 8.18. The van der Waals surface area contributed by atoms with E-state index in [2.05, 4.69) is 5.32 Å². The van der Waals surface area contributed by atoms with Crippen LogP contribution < -0.4 is 5.32 Å². The zero-order chi connectivity index (χ0) is 12.3. The second kappa shape index (κ2) is 8.53. The molecule has 1 heterocycles. The van der Waals surface area contributed by atoms with Crippen LogP contribution in [0.5, 0.6) is 5.75 Å². The van der Waals surface area contributed by atoms with E-state index in [1.165, 1.54) is 12.1 Å². The van der Waals surface area contributed by atoms with Gasteiger partial charge in [0.25, 0.3) is 6.43 Å². The Morgan fingerprint density at radius 3 is 2.32 bits per heavy atom. The number of hydrogen-bond donors (Lipinski definition) is 2. The SMILES string of the molecule is Cl.Cl.Oc1cccc([C@H](C(F)F)N2CCNCC2)c1. The van der Waals surface area contributed by atoms with Crippen LogP contribution in [0.4, 0.5) is 8.78 Å². The Labute approximate surface area is 123 Å². The number of benzene rings is 1. The molecule has 0 aromatic heterocycles. The molecule has 2 rings (SSSR count). The number of halogens is 4. The lowest BCUT2D eigenvalue weighted by molar-refractivity contribution is 0.0181. The summed E-state index contributed by atoms with van der Waals surface area (Å²) >= 11 is 0. The minimum atomic E-state index is -2.45. The first kappa shape index (κ1) is 18.4. The topological polar surface area (TPSA) is 35.5 Å². The molecule has 0 aliphatic carbocycles. The van der Waals surface area contributed by atoms with E-state index in [1.807, 2.05) is 0 Å². The number of nitrogens with zero attached hydrogens (tertiary/aromatic N) is 1. The van der Waals surface area contributed by atoms with Crippen LogP contribution in [-0.2, 0) is 0 Å². The van der Waals surface area contributed by atoms with Gasteiger partial charge < -0.3 is 10.4 Å². The molecular formula is C12H18Cl2F2N2O. The van der Waals surface area contributed by atoms with Crippen LogP contribution in [0.2, 0.25) is 0 Å². The molecule has 1 aliphatic heterocycles. The highest BCUT2D eigenvalue weighted by Crippen LogP contribution is 2.29. The highest BCUT2D eigenvalue weighted by molar-refractivity contribution is 5.85. The van der Waals surface area contributed by atoms with Crippen LogP contribution in [0.15, 0.2) is 24.3 Å². The minimum absolute atomic E-state index is 0. The maximum absolute atomic E-state index is 13.2. The molecule has 1 aliphatic rings. The summed E-state index contributed by atoms with van der Waals surface area (Å²) < 4.78 is 26.3. The summed E-state index contributed by atoms with van der Waals surface area (Å²) in [5, 5.41) is 12.5. The lowest BCUT2D eigenvalue weighted by atomic mass is 10.0. The highest BCUT2D eigenvalue weighted by Gasteiger charge is 2.30. The summed E-state index contributed by atoms with van der Waals surface area (Å²) in [6.07, 6.45) is -2.45. The van der Waals surface area contributed by atoms with E-state index in [0.717, 1.165) is 13.1 Å². The van der Waals surface area contributed by atoms with Gasteiger partial charge in [-0.05, 0) is 17.7 Å². The van der Waals surface area contributed by atoms with Crippen LogP contribution in [-0.4, -0.2) is 42.6 Å². The molecule has 1 aromatic rings. The molecule has 110 valence electrons. The predicted molar refractivity (Wildman–Crippen MR) is 75.8 cm³/mol. The smallest absolute Gasteiger partial charge is 0.258 e. The predicted octanol–water partition coefficient (Wildman–Crippen LogP) is 2.45. The van der Waals surface area contributed by atoms with Crippen LogP contribution >= 0.6 is 24.8 Å². The van der Waals surface area contributed by atoms with Gasteiger partial charge in [-0.3, -0.25) is 4.90 Å². The van der Waals surface area contributed by atoms with Crippen molar-refractivity contribution in [2.45, 2.75) is 12.5 Å². The lowest BCUT2D eigenvalue weighted by Crippen LogP contribution is -2.46. The number of phenols is 1. The summed E-state index contributed by atoms with van der Waals surface area (Å²) in [7, 11) is 0. The van der Waals surface area contributed by atoms with Gasteiger partial charge in [0, 0.05) is 26.2 Å². The van der Waals surface area contributed by atoms with Crippen molar-refractivity contribution in [2.75, 3.05) is 26.2 Å². The van der Waals surface area contributed by atoms with Gasteiger partial charge in [-0.2, -0.15) is 0 Å². The molecule has 0 amide bonds. The third kappa shape index (κ3) is 4.76. The summed E-state index contributed by atoms with van der Waals surface area (Å²) in [4.78, 5) is 1.76. The number of piperazine rings is 1. The van der Waals surface area contributed by atoms with E-state index >= 15 is 0 Å². The Morgan fingerprint density at radius 2 is 1.79 bits per heavy atom. The first-order valence-corrected chi connectivity index (χ1v) is 5.70. The van der Waals surface area contributed by atoms with Crippen molar-refractivity contribution in [1.29, 1.82) is 0 Å². The number of hydrogen-bond acceptors (Lipinski definition) is 3. The van der Waals surface area contributed by atoms with Crippen LogP contribution in [0.25, 0.3) is 0 Å². The van der Waals surface area contributed by atoms with E-state index in [4.69, 9.17) is 0 Å². The van der Waals surface area contributed by atoms with Crippen LogP contribution in [0.1, 0.15) is 11.6 Å². The molecule has 3 nitrogen and oxygen atoms in total. The van der Waals surface area contributed by atoms with Crippen molar-refractivity contribution >= 4 is 24.8 Å². The van der Waals surface area contributed by atoms with E-state index in [-0.39, 0.29) is 30.6 Å². The van der Waals surface area contributed by atoms with Gasteiger partial charge in [0.15, 0.2) is 0 Å². The molecule has 1 fully saturated rings. The molecule has 7 heteroatoms. The lowest BCUT2D eigenvalue weighted by Gasteiger charge is -2.34. The standard InChI is InChI=1S/C12H16F2N2O.2ClH/c13-12(14)11(16-6-4-15-5-7-16)9-2-1-3-10(17)8-9;;/h1-3,8,11-12,15,17H,4-7H2;2*1H/t11-;;/m1../s1. The monoisotopic (exact) mass is 314 g/mol. The van der Waals surface area contributed by atoms with Gasteiger partial charge in [-0.15, -0.1) is 24.8 Å². The van der Waals surface area contributed by atoms with Gasteiger partial charge in [-0.1, -0.05) is 12.1 Å². The largest absolute Gasteiger partial charge is 0.508 e. The number of phenolic OH excluding ortho intramolecular Hbond substituents is 1. The molecule has 1 aromatic carbocycles. The van der Waals surface area contributed by atoms with Gasteiger partial charge >= 0.3 is 0 Å². The third-order valence-corrected chi connectivity index (χ3v) is 3.00. The van der Waals surface area contributed by atoms with E-state index in [1.54, 1.807) is 17.0 Å². The molecule has 0 bridgehead atoms. The van der Waals surface area contributed by atoms with E-state index < -0.39 is 12.5 Å². The molecule has 2 N–H and O–H groups in total. The fourth-order valence-electron chi connectivity index (χ4n) is 2.18. The van der Waals surface area contributed by atoms with Gasteiger partial charge in [-0.25, -0.2) is 8.78 Å². The Bertz CT molecular complexity index is 377. The Balaban J connectivity index is 0.00000162. The average molecular weight is 315 g/mol. The fraction of sp³-hybridized carbons (Fsp3) is 0.500. The molecule has 0 radical (unpaired) electrons. The summed E-state index contributed by atoms with van der Waals surface area (Å²) in [6.45, 7) is 2.65. The Kier molecular flexibility index (Phi) is 8.25. The average Bonchev–Trinajstić information content (AvgIpc) is 2.30. The van der Waals surface area contributed by atoms with Crippen LogP contribution in [0, 0.1) is 0 Å². The second-order valence-corrected chi connectivity index (χ2v) is 4.16. The normalized spacial score (nSPS) is 17.4. The molecule has 0 saturated carbocycles. The third-order valence-electron chi connectivity index (χ3n) is 3.00. The molecule has 19 heavy (non-hydrogen) atoms. The molecule has 1 atom stereocenters. The van der Waals surface area contributed by atoms with Crippen LogP contribution in [0.3, 0.4) is 0 Å². The first-order valence-electron chi connectivity index (χ1n) is 5.70. The van der Waals surface area contributed by atoms with Gasteiger partial charge in [0.05, 0.1) is 6.04 Å². The zero-order valence-electron chi connectivity index (χ0n) is 10.3. The molecular weight excluding hydrogens is 297 g/mol. The fourth-order valence-corrected chi connectivity index (χ4v) is 2.18. The van der Waals surface area contributed by atoms with Crippen molar-refractivity contribution in [3.05, 3.63) is 29.8 Å². The van der Waals surface area contributed by atoms with Crippen molar-refractivity contribution in [3.63, 3.8) is 0 Å². The number of nitrogens with one attached hydrogen (secondary N) is 1. The van der Waals surface area contributed by atoms with E-state index in [0.29, 0.717) is 18.7 Å². The number of aromatic hydroxyl groups is 1. The quantitative estimate of drug-likeness (QED) is 0.899. The van der Waals surface area contributed by atoms with Gasteiger partial charge in [0.2, 0.25) is 0 Å². The summed E-state index contributed by atoms with van der Waals surface area (Å²) in [5.41, 5.74) is 0.474. The van der Waals surface area contributed by atoms with Gasteiger partial charge in [0.1, 0.15) is 5.75 Å². The maximum atomic E-state index is 13.2. The number of alkyl halides is 2.